The van der Waals surface area contributed by atoms with Gasteiger partial charge in [0.05, 0.1) is 26.4 Å². The van der Waals surface area contributed by atoms with E-state index >= 15 is 0 Å². The minimum atomic E-state index is -0.614. The van der Waals surface area contributed by atoms with Crippen LogP contribution in [0.1, 0.15) is 50.3 Å². The maximum atomic E-state index is 12.1. The van der Waals surface area contributed by atoms with Crippen molar-refractivity contribution in [3.05, 3.63) is 96.6 Å². The number of carbonyl (C=O) groups is 2. The Labute approximate surface area is 247 Å². The van der Waals surface area contributed by atoms with E-state index in [9.17, 15) is 9.59 Å². The topological polar surface area (TPSA) is 89.5 Å². The predicted octanol–water partition coefficient (Wildman–Crippen LogP) is 6.84. The lowest BCUT2D eigenvalue weighted by atomic mass is 9.84. The van der Waals surface area contributed by atoms with Gasteiger partial charge in [-0.2, -0.15) is 0 Å². The Bertz CT molecular complexity index is 1290. The van der Waals surface area contributed by atoms with Crippen LogP contribution < -0.4 is 28.4 Å². The molecule has 42 heavy (non-hydrogen) atoms. The molecule has 3 aromatic carbocycles. The summed E-state index contributed by atoms with van der Waals surface area (Å²) in [5.74, 6) is 0.373. The van der Waals surface area contributed by atoms with Crippen molar-refractivity contribution in [3.63, 3.8) is 0 Å². The van der Waals surface area contributed by atoms with Crippen molar-refractivity contribution >= 4 is 11.9 Å². The largest absolute Gasteiger partial charge is 0.490 e. The van der Waals surface area contributed by atoms with Crippen LogP contribution in [0.2, 0.25) is 0 Å². The summed E-state index contributed by atoms with van der Waals surface area (Å²) in [7, 11) is 0. The monoisotopic (exact) mass is 574 g/mol. The number of esters is 2. The van der Waals surface area contributed by atoms with Crippen molar-refractivity contribution < 1.29 is 38.0 Å². The van der Waals surface area contributed by atoms with Gasteiger partial charge in [-0.1, -0.05) is 55.6 Å². The van der Waals surface area contributed by atoms with Crippen LogP contribution in [0.3, 0.4) is 0 Å². The second kappa shape index (κ2) is 15.9. The first-order chi connectivity index (χ1) is 20.4. The number of hydrogen-bond acceptors (Lipinski definition) is 8. The minimum absolute atomic E-state index is 0.221. The van der Waals surface area contributed by atoms with Gasteiger partial charge in [0, 0.05) is 29.2 Å². The van der Waals surface area contributed by atoms with Crippen LogP contribution in [0, 0.1) is 0 Å². The summed E-state index contributed by atoms with van der Waals surface area (Å²) in [4.78, 5) is 24.2. The SMILES string of the molecule is C=CC(=O)Oc1ccc(C(Cc2ccccc2)c2ccc(OC(=O)C=C)c(OCC)c2OCC)c(OCC)c1OCC. The fraction of sp³-hybridized carbons (Fsp3) is 0.294. The van der Waals surface area contributed by atoms with Gasteiger partial charge in [-0.3, -0.25) is 0 Å². The second-order valence-corrected chi connectivity index (χ2v) is 8.85. The van der Waals surface area contributed by atoms with Crippen LogP contribution in [0.5, 0.6) is 34.5 Å². The predicted molar refractivity (Wildman–Crippen MR) is 161 cm³/mol. The lowest BCUT2D eigenvalue weighted by Crippen LogP contribution is -2.14. The Morgan fingerprint density at radius 1 is 0.619 bits per heavy atom. The molecular weight excluding hydrogens is 536 g/mol. The number of benzene rings is 3. The Hall–Kier alpha value is -4.72. The molecule has 3 aromatic rings. The van der Waals surface area contributed by atoms with E-state index in [4.69, 9.17) is 28.4 Å². The van der Waals surface area contributed by atoms with Crippen LogP contribution in [0.4, 0.5) is 0 Å². The summed E-state index contributed by atoms with van der Waals surface area (Å²) in [6.45, 7) is 15.7. The number of hydrogen-bond donors (Lipinski definition) is 0. The van der Waals surface area contributed by atoms with E-state index in [0.717, 1.165) is 28.8 Å². The van der Waals surface area contributed by atoms with Gasteiger partial charge in [-0.25, -0.2) is 9.59 Å². The molecule has 0 heterocycles. The van der Waals surface area contributed by atoms with Gasteiger partial charge in [-0.15, -0.1) is 0 Å². The summed E-state index contributed by atoms with van der Waals surface area (Å²) in [5.41, 5.74) is 2.62. The average molecular weight is 575 g/mol. The summed E-state index contributed by atoms with van der Waals surface area (Å²) in [6, 6.07) is 17.1. The van der Waals surface area contributed by atoms with Crippen LogP contribution in [0.25, 0.3) is 0 Å². The van der Waals surface area contributed by atoms with Crippen LogP contribution in [-0.2, 0) is 16.0 Å². The first-order valence-electron chi connectivity index (χ1n) is 14.0. The maximum absolute atomic E-state index is 12.1. The summed E-state index contributed by atoms with van der Waals surface area (Å²) >= 11 is 0. The third kappa shape index (κ3) is 7.72. The molecule has 0 saturated carbocycles. The van der Waals surface area contributed by atoms with E-state index < -0.39 is 11.9 Å². The first kappa shape index (κ1) is 31.8. The maximum Gasteiger partial charge on any atom is 0.335 e. The minimum Gasteiger partial charge on any atom is -0.490 e. The fourth-order valence-electron chi connectivity index (χ4n) is 4.51. The Morgan fingerprint density at radius 2 is 1.02 bits per heavy atom. The van der Waals surface area contributed by atoms with E-state index in [1.807, 2.05) is 70.2 Å². The van der Waals surface area contributed by atoms with Crippen molar-refractivity contribution in [2.45, 2.75) is 40.0 Å². The van der Waals surface area contributed by atoms with Gasteiger partial charge < -0.3 is 28.4 Å². The van der Waals surface area contributed by atoms with Crippen molar-refractivity contribution in [3.8, 4) is 34.5 Å². The smallest absolute Gasteiger partial charge is 0.335 e. The van der Waals surface area contributed by atoms with Gasteiger partial charge in [-0.05, 0) is 51.8 Å². The molecule has 0 spiro atoms. The van der Waals surface area contributed by atoms with Crippen molar-refractivity contribution in [1.29, 1.82) is 0 Å². The Kier molecular flexibility index (Phi) is 12.0. The highest BCUT2D eigenvalue weighted by Gasteiger charge is 2.30. The zero-order chi connectivity index (χ0) is 30.5. The first-order valence-corrected chi connectivity index (χ1v) is 14.0. The molecule has 0 aliphatic heterocycles. The molecule has 0 atom stereocenters. The average Bonchev–Trinajstić information content (AvgIpc) is 3.00. The molecule has 8 nitrogen and oxygen atoms in total. The highest BCUT2D eigenvalue weighted by molar-refractivity contribution is 5.85. The fourth-order valence-corrected chi connectivity index (χ4v) is 4.51. The van der Waals surface area contributed by atoms with Gasteiger partial charge >= 0.3 is 11.9 Å². The number of rotatable bonds is 16. The standard InChI is InChI=1S/C34H38O8/c1-7-29(35)41-27-20-18-24(31(37-9-3)33(27)39-11-5)26(22-23-16-14-13-15-17-23)25-19-21-28(42-30(36)8-2)34(40-12-6)32(25)38-10-4/h7-8,13-21,26H,1-2,9-12,22H2,3-6H3. The van der Waals surface area contributed by atoms with Crippen LogP contribution >= 0.6 is 0 Å². The molecule has 0 aliphatic rings. The van der Waals surface area contributed by atoms with E-state index in [2.05, 4.69) is 13.2 Å². The van der Waals surface area contributed by atoms with E-state index in [1.165, 1.54) is 0 Å². The quantitative estimate of drug-likeness (QED) is 0.104. The Morgan fingerprint density at radius 3 is 1.40 bits per heavy atom. The second-order valence-electron chi connectivity index (χ2n) is 8.85. The third-order valence-corrected chi connectivity index (χ3v) is 6.16. The molecule has 0 aromatic heterocycles. The zero-order valence-corrected chi connectivity index (χ0v) is 24.6. The van der Waals surface area contributed by atoms with E-state index in [0.29, 0.717) is 55.8 Å². The lowest BCUT2D eigenvalue weighted by molar-refractivity contribution is -0.130. The Balaban J connectivity index is 2.35. The van der Waals surface area contributed by atoms with Crippen LogP contribution in [0.15, 0.2) is 79.9 Å². The molecule has 0 radical (unpaired) electrons. The molecule has 0 unspecified atom stereocenters. The van der Waals surface area contributed by atoms with Crippen molar-refractivity contribution in [2.75, 3.05) is 26.4 Å². The molecule has 0 N–H and O–H groups in total. The van der Waals surface area contributed by atoms with Crippen molar-refractivity contribution in [2.24, 2.45) is 0 Å². The van der Waals surface area contributed by atoms with E-state index in [-0.39, 0.29) is 17.4 Å². The number of carbonyl (C=O) groups excluding carboxylic acids is 2. The van der Waals surface area contributed by atoms with Crippen LogP contribution in [-0.4, -0.2) is 38.4 Å². The molecule has 3 rings (SSSR count). The molecule has 0 fully saturated rings. The summed E-state index contributed by atoms with van der Waals surface area (Å²) in [6.07, 6.45) is 2.73. The normalized spacial score (nSPS) is 10.5. The number of ether oxygens (including phenoxy) is 6. The molecule has 0 bridgehead atoms. The molecular formula is C34H38O8. The summed E-state index contributed by atoms with van der Waals surface area (Å²) in [5, 5.41) is 0. The summed E-state index contributed by atoms with van der Waals surface area (Å²) < 4.78 is 35.4. The third-order valence-electron chi connectivity index (χ3n) is 6.16. The van der Waals surface area contributed by atoms with Gasteiger partial charge in [0.15, 0.2) is 23.0 Å². The molecule has 0 amide bonds. The molecule has 8 heteroatoms. The highest BCUT2D eigenvalue weighted by Crippen LogP contribution is 2.50. The van der Waals surface area contributed by atoms with Gasteiger partial charge in [0.25, 0.3) is 0 Å². The zero-order valence-electron chi connectivity index (χ0n) is 24.6. The van der Waals surface area contributed by atoms with Crippen molar-refractivity contribution in [1.82, 2.24) is 0 Å². The molecule has 222 valence electrons. The molecule has 0 saturated heterocycles. The van der Waals surface area contributed by atoms with E-state index in [1.54, 1.807) is 12.1 Å². The van der Waals surface area contributed by atoms with Gasteiger partial charge in [0.2, 0.25) is 11.5 Å². The van der Waals surface area contributed by atoms with Gasteiger partial charge in [0.1, 0.15) is 0 Å². The molecule has 0 aliphatic carbocycles. The lowest BCUT2D eigenvalue weighted by Gasteiger charge is -2.27. The highest BCUT2D eigenvalue weighted by atomic mass is 16.6.